The number of benzene rings is 10. The van der Waals surface area contributed by atoms with E-state index in [2.05, 4.69) is 240 Å². The molecule has 2 aliphatic rings. The summed E-state index contributed by atoms with van der Waals surface area (Å²) < 4.78 is 0. The van der Waals surface area contributed by atoms with Crippen LogP contribution in [0.25, 0.3) is 65.5 Å². The zero-order valence-electron chi connectivity index (χ0n) is 35.4. The van der Waals surface area contributed by atoms with Gasteiger partial charge in [0.25, 0.3) is 0 Å². The molecule has 10 aromatic carbocycles. The summed E-state index contributed by atoms with van der Waals surface area (Å²) in [7, 11) is 4.33. The molecule has 0 fully saturated rings. The molecule has 302 valence electrons. The van der Waals surface area contributed by atoms with E-state index in [0.29, 0.717) is 0 Å². The lowest BCUT2D eigenvalue weighted by Gasteiger charge is -2.39. The standard InChI is InChI=1S/C59H41N5/c1-61-49-19-7-11-23-53(49)63(54-24-12-8-20-50(54)61)42-30-32-46-47(36-42)57(41-28-27-38-15-3-4-17-40(38)35-41)45-31-29-43(37-48(45)58(46)59-44-18-6-5-16-39(44)33-34-60-59)64-55-25-13-9-21-51(55)62(2)52-22-10-14-26-56(52)64/h3-37H,1-2H3. The third kappa shape index (κ3) is 5.34. The van der Waals surface area contributed by atoms with Gasteiger partial charge in [0.15, 0.2) is 0 Å². The van der Waals surface area contributed by atoms with Gasteiger partial charge in [-0.3, -0.25) is 4.98 Å². The molecule has 2 aliphatic heterocycles. The van der Waals surface area contributed by atoms with Gasteiger partial charge < -0.3 is 19.6 Å². The lowest BCUT2D eigenvalue weighted by Crippen LogP contribution is -2.24. The zero-order chi connectivity index (χ0) is 42.5. The van der Waals surface area contributed by atoms with Crippen LogP contribution in [-0.2, 0) is 0 Å². The van der Waals surface area contributed by atoms with E-state index in [0.717, 1.165) is 89.7 Å². The molecule has 0 spiro atoms. The summed E-state index contributed by atoms with van der Waals surface area (Å²) in [5.74, 6) is 0. The normalized spacial score (nSPS) is 13.0. The lowest BCUT2D eigenvalue weighted by atomic mass is 9.85. The van der Waals surface area contributed by atoms with Gasteiger partial charge in [-0.15, -0.1) is 0 Å². The number of nitrogens with zero attached hydrogens (tertiary/aromatic N) is 5. The van der Waals surface area contributed by atoms with Crippen molar-refractivity contribution >= 4 is 100.0 Å². The molecule has 0 N–H and O–H groups in total. The number of aromatic nitrogens is 1. The second-order valence-electron chi connectivity index (χ2n) is 16.9. The molecule has 0 unspecified atom stereocenters. The first-order valence-corrected chi connectivity index (χ1v) is 21.9. The van der Waals surface area contributed by atoms with Crippen molar-refractivity contribution in [2.24, 2.45) is 0 Å². The van der Waals surface area contributed by atoms with Crippen molar-refractivity contribution in [3.05, 3.63) is 212 Å². The fraction of sp³-hybridized carbons (Fsp3) is 0.0339. The van der Waals surface area contributed by atoms with Gasteiger partial charge in [-0.05, 0) is 134 Å². The number of pyridine rings is 1. The summed E-state index contributed by atoms with van der Waals surface area (Å²) in [4.78, 5) is 14.7. The van der Waals surface area contributed by atoms with Gasteiger partial charge in [0.05, 0.1) is 51.2 Å². The van der Waals surface area contributed by atoms with Crippen LogP contribution < -0.4 is 19.6 Å². The average molecular weight is 820 g/mol. The fourth-order valence-electron chi connectivity index (χ4n) is 10.5. The van der Waals surface area contributed by atoms with Gasteiger partial charge in [0, 0.05) is 42.6 Å². The predicted octanol–water partition coefficient (Wildman–Crippen LogP) is 16.1. The Morgan fingerprint density at radius 1 is 0.312 bits per heavy atom. The largest absolute Gasteiger partial charge is 0.341 e. The molecule has 5 heteroatoms. The van der Waals surface area contributed by atoms with Crippen LogP contribution in [0.1, 0.15) is 0 Å². The maximum atomic E-state index is 5.29. The highest BCUT2D eigenvalue weighted by atomic mass is 15.3. The molecule has 0 radical (unpaired) electrons. The van der Waals surface area contributed by atoms with Crippen molar-refractivity contribution < 1.29 is 0 Å². The molecule has 64 heavy (non-hydrogen) atoms. The van der Waals surface area contributed by atoms with E-state index in [1.807, 2.05) is 6.20 Å². The zero-order valence-corrected chi connectivity index (χ0v) is 35.4. The molecular formula is C59H41N5. The Kier molecular flexibility index (Phi) is 7.97. The summed E-state index contributed by atoms with van der Waals surface area (Å²) in [6.07, 6.45) is 1.97. The smallest absolute Gasteiger partial charge is 0.0792 e. The van der Waals surface area contributed by atoms with Crippen molar-refractivity contribution in [2.75, 3.05) is 33.7 Å². The second kappa shape index (κ2) is 14.1. The number of hydrogen-bond donors (Lipinski definition) is 0. The van der Waals surface area contributed by atoms with Crippen molar-refractivity contribution in [1.29, 1.82) is 0 Å². The quantitative estimate of drug-likeness (QED) is 0.165. The predicted molar refractivity (Wildman–Crippen MR) is 271 cm³/mol. The fourth-order valence-corrected chi connectivity index (χ4v) is 10.5. The van der Waals surface area contributed by atoms with Gasteiger partial charge in [-0.2, -0.15) is 0 Å². The Hall–Kier alpha value is -8.41. The van der Waals surface area contributed by atoms with Gasteiger partial charge in [0.2, 0.25) is 0 Å². The van der Waals surface area contributed by atoms with Crippen LogP contribution in [0, 0.1) is 0 Å². The highest BCUT2D eigenvalue weighted by molar-refractivity contribution is 6.24. The molecule has 0 saturated carbocycles. The molecule has 0 bridgehead atoms. The third-order valence-corrected chi connectivity index (χ3v) is 13.5. The number of anilines is 10. The maximum Gasteiger partial charge on any atom is 0.0792 e. The Morgan fingerprint density at radius 3 is 1.30 bits per heavy atom. The highest BCUT2D eigenvalue weighted by Gasteiger charge is 2.30. The number of hydrogen-bond acceptors (Lipinski definition) is 5. The Balaban J connectivity index is 1.16. The Bertz CT molecular complexity index is 3600. The minimum Gasteiger partial charge on any atom is -0.341 e. The topological polar surface area (TPSA) is 25.9 Å². The average Bonchev–Trinajstić information content (AvgIpc) is 3.35. The van der Waals surface area contributed by atoms with E-state index in [4.69, 9.17) is 4.98 Å². The molecule has 11 aromatic rings. The third-order valence-electron chi connectivity index (χ3n) is 13.5. The van der Waals surface area contributed by atoms with Crippen LogP contribution in [0.3, 0.4) is 0 Å². The van der Waals surface area contributed by atoms with Gasteiger partial charge >= 0.3 is 0 Å². The summed E-state index contributed by atoms with van der Waals surface area (Å²) >= 11 is 0. The summed E-state index contributed by atoms with van der Waals surface area (Å²) in [5.41, 5.74) is 15.9. The van der Waals surface area contributed by atoms with Crippen LogP contribution in [0.5, 0.6) is 0 Å². The summed E-state index contributed by atoms with van der Waals surface area (Å²) in [6, 6.07) is 75.4. The van der Waals surface area contributed by atoms with E-state index in [9.17, 15) is 0 Å². The van der Waals surface area contributed by atoms with Crippen molar-refractivity contribution in [1.82, 2.24) is 4.98 Å². The first-order chi connectivity index (χ1) is 31.6. The second-order valence-corrected chi connectivity index (χ2v) is 16.9. The van der Waals surface area contributed by atoms with E-state index >= 15 is 0 Å². The monoisotopic (exact) mass is 819 g/mol. The van der Waals surface area contributed by atoms with Gasteiger partial charge in [-0.25, -0.2) is 0 Å². The molecule has 1 aromatic heterocycles. The molecular weight excluding hydrogens is 779 g/mol. The first kappa shape index (κ1) is 36.3. The number of rotatable bonds is 4. The summed E-state index contributed by atoms with van der Waals surface area (Å²) in [5, 5.41) is 9.35. The Labute approximate surface area is 371 Å². The lowest BCUT2D eigenvalue weighted by molar-refractivity contribution is 1.13. The van der Waals surface area contributed by atoms with Crippen LogP contribution in [0.15, 0.2) is 212 Å². The van der Waals surface area contributed by atoms with Crippen molar-refractivity contribution in [2.45, 2.75) is 0 Å². The number of fused-ring (bicyclic) bond motifs is 8. The SMILES string of the molecule is CN1c2ccccc2N(c2ccc3c(-c4nccc5ccccc45)c4cc(N5c6ccccc6N(C)c6ccccc65)ccc4c(-c4ccc5ccccc5c4)c3c2)c2ccccc21. The van der Waals surface area contributed by atoms with Crippen molar-refractivity contribution in [3.63, 3.8) is 0 Å². The van der Waals surface area contributed by atoms with Gasteiger partial charge in [-0.1, -0.05) is 121 Å². The van der Waals surface area contributed by atoms with E-state index in [1.165, 1.54) is 32.7 Å². The number of para-hydroxylation sites is 8. The minimum atomic E-state index is 0.970. The highest BCUT2D eigenvalue weighted by Crippen LogP contribution is 2.55. The van der Waals surface area contributed by atoms with Crippen LogP contribution in [0.4, 0.5) is 56.9 Å². The van der Waals surface area contributed by atoms with Crippen LogP contribution >= 0.6 is 0 Å². The van der Waals surface area contributed by atoms with Crippen molar-refractivity contribution in [3.8, 4) is 22.4 Å². The molecule has 3 heterocycles. The molecule has 0 atom stereocenters. The van der Waals surface area contributed by atoms with Gasteiger partial charge in [0.1, 0.15) is 0 Å². The maximum absolute atomic E-state index is 5.29. The first-order valence-electron chi connectivity index (χ1n) is 21.9. The Morgan fingerprint density at radius 2 is 0.750 bits per heavy atom. The molecule has 0 aliphatic carbocycles. The molecule has 0 saturated heterocycles. The molecule has 5 nitrogen and oxygen atoms in total. The van der Waals surface area contributed by atoms with Crippen LogP contribution in [0.2, 0.25) is 0 Å². The van der Waals surface area contributed by atoms with E-state index in [1.54, 1.807) is 0 Å². The van der Waals surface area contributed by atoms with E-state index < -0.39 is 0 Å². The molecule has 13 rings (SSSR count). The molecule has 0 amide bonds. The van der Waals surface area contributed by atoms with Crippen LogP contribution in [-0.4, -0.2) is 19.1 Å². The summed E-state index contributed by atoms with van der Waals surface area (Å²) in [6.45, 7) is 0. The minimum absolute atomic E-state index is 0.970. The van der Waals surface area contributed by atoms with E-state index in [-0.39, 0.29) is 0 Å².